The van der Waals surface area contributed by atoms with E-state index >= 15 is 0 Å². The van der Waals surface area contributed by atoms with Crippen molar-refractivity contribution in [1.82, 2.24) is 4.98 Å². The molecule has 1 N–H and O–H groups in total. The van der Waals surface area contributed by atoms with Crippen LogP contribution in [-0.2, 0) is 4.74 Å². The lowest BCUT2D eigenvalue weighted by Crippen LogP contribution is -2.27. The number of nitrogens with zero attached hydrogens (tertiary/aromatic N) is 1. The molecule has 0 unspecified atom stereocenters. The highest BCUT2D eigenvalue weighted by molar-refractivity contribution is 14.1. The number of hydrogen-bond acceptors (Lipinski definition) is 3. The second-order valence-electron chi connectivity index (χ2n) is 4.22. The van der Waals surface area contributed by atoms with Crippen molar-refractivity contribution in [2.75, 3.05) is 5.32 Å². The molecular weight excluding hydrogens is 378 g/mol. The highest BCUT2D eigenvalue weighted by atomic mass is 127. The molecule has 0 aliphatic rings. The van der Waals surface area contributed by atoms with Crippen molar-refractivity contribution in [3.63, 3.8) is 0 Å². The highest BCUT2D eigenvalue weighted by Crippen LogP contribution is 2.28. The molecule has 0 aromatic carbocycles. The zero-order chi connectivity index (χ0) is 13.2. The molecule has 1 amide bonds. The Labute approximate surface area is 123 Å². The molecule has 0 radical (unpaired) electrons. The summed E-state index contributed by atoms with van der Waals surface area (Å²) < 4.78 is 5.80. The van der Waals surface area contributed by atoms with E-state index in [1.807, 2.05) is 22.6 Å². The number of carbonyl (C=O) groups is 1. The minimum atomic E-state index is -0.582. The third-order valence-corrected chi connectivity index (χ3v) is 2.84. The van der Waals surface area contributed by atoms with Crippen LogP contribution in [0.2, 0.25) is 10.3 Å². The van der Waals surface area contributed by atoms with Crippen molar-refractivity contribution >= 4 is 57.6 Å². The third kappa shape index (κ3) is 4.85. The van der Waals surface area contributed by atoms with Gasteiger partial charge in [0.1, 0.15) is 10.8 Å². The number of rotatable bonds is 1. The molecule has 1 heterocycles. The zero-order valence-corrected chi connectivity index (χ0v) is 13.1. The van der Waals surface area contributed by atoms with Gasteiger partial charge in [-0.3, -0.25) is 5.32 Å². The molecule has 0 saturated heterocycles. The molecule has 1 rings (SSSR count). The minimum absolute atomic E-state index is 0.132. The van der Waals surface area contributed by atoms with Gasteiger partial charge in [-0.2, -0.15) is 0 Å². The Morgan fingerprint density at radius 1 is 1.47 bits per heavy atom. The molecule has 0 aliphatic carbocycles. The average molecular weight is 389 g/mol. The molecule has 0 saturated carbocycles. The Morgan fingerprint density at radius 3 is 2.53 bits per heavy atom. The van der Waals surface area contributed by atoms with E-state index in [0.717, 1.165) is 0 Å². The molecule has 4 nitrogen and oxygen atoms in total. The Balaban J connectivity index is 2.86. The predicted octanol–water partition coefficient (Wildman–Crippen LogP) is 4.34. The van der Waals surface area contributed by atoms with Crippen molar-refractivity contribution in [3.05, 3.63) is 19.9 Å². The third-order valence-electron chi connectivity index (χ3n) is 1.52. The van der Waals surface area contributed by atoms with Gasteiger partial charge in [0.15, 0.2) is 5.15 Å². The standard InChI is InChI=1S/C10H11Cl2IN2O2/c1-10(2,3)17-9(16)15-7-5(13)4-6(11)14-8(7)12/h4H,1-3H3,(H,15,16). The van der Waals surface area contributed by atoms with Gasteiger partial charge in [-0.25, -0.2) is 9.78 Å². The van der Waals surface area contributed by atoms with Gasteiger partial charge in [0, 0.05) is 3.57 Å². The molecule has 0 aliphatic heterocycles. The number of ether oxygens (including phenoxy) is 1. The Bertz CT molecular complexity index is 423. The summed E-state index contributed by atoms with van der Waals surface area (Å²) >= 11 is 13.6. The summed E-state index contributed by atoms with van der Waals surface area (Å²) in [5.74, 6) is 0. The lowest BCUT2D eigenvalue weighted by Gasteiger charge is -2.20. The molecule has 0 atom stereocenters. The number of anilines is 1. The average Bonchev–Trinajstić information content (AvgIpc) is 2.08. The van der Waals surface area contributed by atoms with Crippen LogP contribution in [0, 0.1) is 3.57 Å². The monoisotopic (exact) mass is 388 g/mol. The molecule has 94 valence electrons. The fourth-order valence-corrected chi connectivity index (χ4v) is 2.48. The van der Waals surface area contributed by atoms with Gasteiger partial charge in [0.2, 0.25) is 0 Å². The Hall–Kier alpha value is -0.270. The molecule has 1 aromatic heterocycles. The SMILES string of the molecule is CC(C)(C)OC(=O)Nc1c(I)cc(Cl)nc1Cl. The lowest BCUT2D eigenvalue weighted by atomic mass is 10.2. The summed E-state index contributed by atoms with van der Waals surface area (Å²) in [4.78, 5) is 15.4. The van der Waals surface area contributed by atoms with Crippen LogP contribution in [-0.4, -0.2) is 16.7 Å². The topological polar surface area (TPSA) is 51.2 Å². The van der Waals surface area contributed by atoms with Gasteiger partial charge >= 0.3 is 6.09 Å². The van der Waals surface area contributed by atoms with Gasteiger partial charge in [-0.05, 0) is 49.4 Å². The van der Waals surface area contributed by atoms with Crippen LogP contribution in [0.25, 0.3) is 0 Å². The summed E-state index contributed by atoms with van der Waals surface area (Å²) in [5, 5.41) is 2.95. The first-order valence-electron chi connectivity index (χ1n) is 4.70. The van der Waals surface area contributed by atoms with Gasteiger partial charge in [0.05, 0.1) is 5.69 Å². The maximum Gasteiger partial charge on any atom is 0.412 e. The number of aromatic nitrogens is 1. The predicted molar refractivity (Wildman–Crippen MR) is 76.8 cm³/mol. The fraction of sp³-hybridized carbons (Fsp3) is 0.400. The largest absolute Gasteiger partial charge is 0.444 e. The maximum absolute atomic E-state index is 11.6. The molecule has 7 heteroatoms. The van der Waals surface area contributed by atoms with Crippen molar-refractivity contribution < 1.29 is 9.53 Å². The maximum atomic E-state index is 11.6. The number of amides is 1. The van der Waals surface area contributed by atoms with Crippen LogP contribution < -0.4 is 5.32 Å². The highest BCUT2D eigenvalue weighted by Gasteiger charge is 2.18. The molecule has 17 heavy (non-hydrogen) atoms. The van der Waals surface area contributed by atoms with Crippen LogP contribution in [0.5, 0.6) is 0 Å². The van der Waals surface area contributed by atoms with E-state index in [1.165, 1.54) is 0 Å². The second-order valence-corrected chi connectivity index (χ2v) is 6.13. The van der Waals surface area contributed by atoms with Crippen LogP contribution in [0.1, 0.15) is 20.8 Å². The Kier molecular flexibility index (Phi) is 4.86. The van der Waals surface area contributed by atoms with Crippen molar-refractivity contribution in [2.45, 2.75) is 26.4 Å². The van der Waals surface area contributed by atoms with Gasteiger partial charge in [0.25, 0.3) is 0 Å². The van der Waals surface area contributed by atoms with Crippen molar-refractivity contribution in [3.8, 4) is 0 Å². The zero-order valence-electron chi connectivity index (χ0n) is 9.47. The molecule has 0 fully saturated rings. The van der Waals surface area contributed by atoms with Gasteiger partial charge < -0.3 is 4.74 Å². The van der Waals surface area contributed by atoms with E-state index in [9.17, 15) is 4.79 Å². The summed E-state index contributed by atoms with van der Waals surface area (Å²) in [6.07, 6.45) is -0.582. The number of nitrogens with one attached hydrogen (secondary N) is 1. The van der Waals surface area contributed by atoms with E-state index in [4.69, 9.17) is 27.9 Å². The van der Waals surface area contributed by atoms with Gasteiger partial charge in [-0.15, -0.1) is 0 Å². The van der Waals surface area contributed by atoms with Crippen LogP contribution >= 0.6 is 45.8 Å². The van der Waals surface area contributed by atoms with E-state index in [0.29, 0.717) is 9.26 Å². The van der Waals surface area contributed by atoms with E-state index in [-0.39, 0.29) is 10.3 Å². The summed E-state index contributed by atoms with van der Waals surface area (Å²) in [6.45, 7) is 5.33. The first-order valence-corrected chi connectivity index (χ1v) is 6.54. The normalized spacial score (nSPS) is 11.2. The van der Waals surface area contributed by atoms with E-state index in [2.05, 4.69) is 10.3 Å². The second kappa shape index (κ2) is 5.58. The minimum Gasteiger partial charge on any atom is -0.444 e. The smallest absolute Gasteiger partial charge is 0.412 e. The number of hydrogen-bond donors (Lipinski definition) is 1. The van der Waals surface area contributed by atoms with E-state index < -0.39 is 11.7 Å². The Morgan fingerprint density at radius 2 is 2.06 bits per heavy atom. The summed E-state index contributed by atoms with van der Waals surface area (Å²) in [6, 6.07) is 1.60. The lowest BCUT2D eigenvalue weighted by molar-refractivity contribution is 0.0636. The molecule has 0 spiro atoms. The number of pyridine rings is 1. The van der Waals surface area contributed by atoms with E-state index in [1.54, 1.807) is 26.8 Å². The van der Waals surface area contributed by atoms with Crippen LogP contribution in [0.3, 0.4) is 0 Å². The molecule has 0 bridgehead atoms. The quantitative estimate of drug-likeness (QED) is 0.575. The van der Waals surface area contributed by atoms with Crippen LogP contribution in [0.15, 0.2) is 6.07 Å². The molecular formula is C10H11Cl2IN2O2. The summed E-state index contributed by atoms with van der Waals surface area (Å²) in [5.41, 5.74) is -0.173. The first kappa shape index (κ1) is 14.8. The fourth-order valence-electron chi connectivity index (χ4n) is 0.974. The number of carbonyl (C=O) groups excluding carboxylic acids is 1. The summed E-state index contributed by atoms with van der Waals surface area (Å²) in [7, 11) is 0. The van der Waals surface area contributed by atoms with Crippen molar-refractivity contribution in [1.29, 1.82) is 0 Å². The first-order chi connectivity index (χ1) is 7.69. The molecule has 1 aromatic rings. The number of halogens is 3. The van der Waals surface area contributed by atoms with Gasteiger partial charge in [-0.1, -0.05) is 23.2 Å². The van der Waals surface area contributed by atoms with Crippen molar-refractivity contribution in [2.24, 2.45) is 0 Å². The van der Waals surface area contributed by atoms with Crippen LogP contribution in [0.4, 0.5) is 10.5 Å².